The van der Waals surface area contributed by atoms with Crippen molar-refractivity contribution in [3.8, 4) is 0 Å². The molecule has 1 rings (SSSR count). The van der Waals surface area contributed by atoms with Crippen LogP contribution in [0.1, 0.15) is 0 Å². The van der Waals surface area contributed by atoms with Gasteiger partial charge in [0.25, 0.3) is 0 Å². The van der Waals surface area contributed by atoms with E-state index in [0.717, 1.165) is 0 Å². The summed E-state index contributed by atoms with van der Waals surface area (Å²) in [6, 6.07) is 2.98. The van der Waals surface area contributed by atoms with Crippen molar-refractivity contribution in [3.05, 3.63) is 22.2 Å². The summed E-state index contributed by atoms with van der Waals surface area (Å²) in [6.07, 6.45) is 0. The molecule has 1 aromatic carbocycles. The molecule has 82 valence electrons. The van der Waals surface area contributed by atoms with Crippen LogP contribution in [0.15, 0.2) is 16.5 Å². The van der Waals surface area contributed by atoms with Crippen molar-refractivity contribution < 1.29 is 8.42 Å². The van der Waals surface area contributed by atoms with Crippen LogP contribution in [0.25, 0.3) is 0 Å². The van der Waals surface area contributed by atoms with Crippen molar-refractivity contribution >= 4 is 45.1 Å². The van der Waals surface area contributed by atoms with Gasteiger partial charge in [-0.1, -0.05) is 23.2 Å². The first-order valence-corrected chi connectivity index (χ1v) is 5.68. The van der Waals surface area contributed by atoms with Gasteiger partial charge >= 0.3 is 10.5 Å². The SMILES string of the molecule is CN(C)c1cc(Cl)c(N=S(=O)=O)cc1Cl. The summed E-state index contributed by atoms with van der Waals surface area (Å²) in [6.45, 7) is 0. The summed E-state index contributed by atoms with van der Waals surface area (Å²) in [5.41, 5.74) is 0.845. The third kappa shape index (κ3) is 3.09. The van der Waals surface area contributed by atoms with Gasteiger partial charge in [-0.3, -0.25) is 0 Å². The maximum atomic E-state index is 10.4. The molecule has 0 atom stereocenters. The molecular formula is C8H8Cl2N2O2S. The Morgan fingerprint density at radius 1 is 1.20 bits per heavy atom. The number of benzene rings is 1. The Labute approximate surface area is 99.1 Å². The second-order valence-electron chi connectivity index (χ2n) is 2.96. The number of anilines is 1. The lowest BCUT2D eigenvalue weighted by molar-refractivity contribution is 0.622. The van der Waals surface area contributed by atoms with Crippen molar-refractivity contribution in [1.82, 2.24) is 0 Å². The maximum absolute atomic E-state index is 10.4. The Bertz CT molecular complexity index is 504. The number of rotatable bonds is 2. The Morgan fingerprint density at radius 2 is 1.80 bits per heavy atom. The van der Waals surface area contributed by atoms with Crippen LogP contribution in [0.2, 0.25) is 10.0 Å². The van der Waals surface area contributed by atoms with Gasteiger partial charge in [-0.15, -0.1) is 4.36 Å². The fourth-order valence-electron chi connectivity index (χ4n) is 1.02. The fraction of sp³-hybridized carbons (Fsp3) is 0.250. The Balaban J connectivity index is 3.38. The molecule has 0 fully saturated rings. The molecule has 0 radical (unpaired) electrons. The van der Waals surface area contributed by atoms with E-state index in [2.05, 4.69) is 4.36 Å². The summed E-state index contributed by atoms with van der Waals surface area (Å²) >= 11 is 11.8. The molecule has 0 N–H and O–H groups in total. The van der Waals surface area contributed by atoms with Crippen LogP contribution < -0.4 is 4.90 Å². The second kappa shape index (κ2) is 4.83. The fourth-order valence-corrected chi connectivity index (χ4v) is 1.91. The molecule has 1 aromatic rings. The predicted octanol–water partition coefficient (Wildman–Crippen LogP) is 2.75. The van der Waals surface area contributed by atoms with Crippen LogP contribution in [-0.2, 0) is 10.5 Å². The monoisotopic (exact) mass is 266 g/mol. The van der Waals surface area contributed by atoms with Crippen molar-refractivity contribution in [1.29, 1.82) is 0 Å². The van der Waals surface area contributed by atoms with E-state index >= 15 is 0 Å². The summed E-state index contributed by atoms with van der Waals surface area (Å²) in [4.78, 5) is 1.77. The average Bonchev–Trinajstić information content (AvgIpc) is 2.09. The molecular weight excluding hydrogens is 259 g/mol. The quantitative estimate of drug-likeness (QED) is 0.827. The lowest BCUT2D eigenvalue weighted by atomic mass is 10.2. The van der Waals surface area contributed by atoms with Gasteiger partial charge in [0.1, 0.15) is 5.69 Å². The molecule has 0 saturated carbocycles. The van der Waals surface area contributed by atoms with Gasteiger partial charge < -0.3 is 4.90 Å². The first-order chi connectivity index (χ1) is 6.91. The molecule has 0 saturated heterocycles. The van der Waals surface area contributed by atoms with Crippen molar-refractivity contribution in [2.24, 2.45) is 4.36 Å². The van der Waals surface area contributed by atoms with E-state index in [9.17, 15) is 8.42 Å². The number of hydrogen-bond donors (Lipinski definition) is 0. The molecule has 0 aliphatic heterocycles. The first-order valence-electron chi connectivity index (χ1n) is 3.89. The molecule has 0 aliphatic rings. The smallest absolute Gasteiger partial charge is 0.316 e. The molecule has 0 aromatic heterocycles. The zero-order valence-corrected chi connectivity index (χ0v) is 10.4. The number of hydrogen-bond acceptors (Lipinski definition) is 4. The molecule has 0 heterocycles. The Hall–Kier alpha value is -0.780. The zero-order chi connectivity index (χ0) is 11.6. The topological polar surface area (TPSA) is 49.7 Å². The van der Waals surface area contributed by atoms with E-state index in [-0.39, 0.29) is 10.7 Å². The largest absolute Gasteiger partial charge is 0.376 e. The standard InChI is InChI=1S/C8H8Cl2N2O2S/c1-12(2)8-4-5(9)7(3-6(8)10)11-15(13)14/h3-4H,1-2H3. The van der Waals surface area contributed by atoms with Gasteiger partial charge in [-0.25, -0.2) is 0 Å². The third-order valence-electron chi connectivity index (χ3n) is 1.67. The van der Waals surface area contributed by atoms with Crippen LogP contribution in [0.4, 0.5) is 11.4 Å². The maximum Gasteiger partial charge on any atom is 0.316 e. The zero-order valence-electron chi connectivity index (χ0n) is 8.03. The van der Waals surface area contributed by atoms with Crippen molar-refractivity contribution in [3.63, 3.8) is 0 Å². The minimum atomic E-state index is -2.53. The summed E-state index contributed by atoms with van der Waals surface area (Å²) in [5, 5.41) is 0.640. The van der Waals surface area contributed by atoms with Gasteiger partial charge in [0.2, 0.25) is 0 Å². The van der Waals surface area contributed by atoms with Crippen LogP contribution in [0.5, 0.6) is 0 Å². The van der Waals surface area contributed by atoms with Crippen LogP contribution in [0, 0.1) is 0 Å². The highest BCUT2D eigenvalue weighted by molar-refractivity contribution is 7.61. The third-order valence-corrected chi connectivity index (χ3v) is 2.62. The minimum absolute atomic E-state index is 0.139. The van der Waals surface area contributed by atoms with Crippen molar-refractivity contribution in [2.75, 3.05) is 19.0 Å². The van der Waals surface area contributed by atoms with E-state index in [4.69, 9.17) is 23.2 Å². The first kappa shape index (κ1) is 12.3. The molecule has 4 nitrogen and oxygen atoms in total. The van der Waals surface area contributed by atoms with Gasteiger partial charge in [-0.05, 0) is 12.1 Å². The average molecular weight is 267 g/mol. The summed E-state index contributed by atoms with van der Waals surface area (Å²) in [5.74, 6) is 0. The lowest BCUT2D eigenvalue weighted by Gasteiger charge is -2.14. The van der Waals surface area contributed by atoms with E-state index in [1.165, 1.54) is 6.07 Å². The molecule has 0 spiro atoms. The molecule has 0 unspecified atom stereocenters. The molecule has 0 bridgehead atoms. The highest BCUT2D eigenvalue weighted by atomic mass is 35.5. The highest BCUT2D eigenvalue weighted by Crippen LogP contribution is 2.35. The summed E-state index contributed by atoms with van der Waals surface area (Å²) in [7, 11) is 1.08. The van der Waals surface area contributed by atoms with Crippen LogP contribution >= 0.6 is 23.2 Å². The van der Waals surface area contributed by atoms with Gasteiger partial charge in [0.15, 0.2) is 0 Å². The number of halogens is 2. The van der Waals surface area contributed by atoms with Gasteiger partial charge in [0, 0.05) is 14.1 Å². The second-order valence-corrected chi connectivity index (χ2v) is 4.39. The predicted molar refractivity (Wildman–Crippen MR) is 61.8 cm³/mol. The molecule has 7 heteroatoms. The van der Waals surface area contributed by atoms with E-state index in [1.807, 2.05) is 0 Å². The van der Waals surface area contributed by atoms with E-state index < -0.39 is 10.5 Å². The van der Waals surface area contributed by atoms with Crippen molar-refractivity contribution in [2.45, 2.75) is 0 Å². The normalized spacial score (nSPS) is 9.87. The highest BCUT2D eigenvalue weighted by Gasteiger charge is 2.08. The van der Waals surface area contributed by atoms with Crippen LogP contribution in [0.3, 0.4) is 0 Å². The lowest BCUT2D eigenvalue weighted by Crippen LogP contribution is -2.08. The molecule has 15 heavy (non-hydrogen) atoms. The molecule has 0 aliphatic carbocycles. The van der Waals surface area contributed by atoms with E-state index in [1.54, 1.807) is 25.1 Å². The Morgan fingerprint density at radius 3 is 2.27 bits per heavy atom. The summed E-state index contributed by atoms with van der Waals surface area (Å²) < 4.78 is 24.0. The van der Waals surface area contributed by atoms with E-state index in [0.29, 0.717) is 10.7 Å². The van der Waals surface area contributed by atoms with Gasteiger partial charge in [-0.2, -0.15) is 8.42 Å². The molecule has 0 amide bonds. The number of nitrogens with zero attached hydrogens (tertiary/aromatic N) is 2. The Kier molecular flexibility index (Phi) is 3.96. The van der Waals surface area contributed by atoms with Crippen LogP contribution in [-0.4, -0.2) is 22.5 Å². The minimum Gasteiger partial charge on any atom is -0.376 e. The van der Waals surface area contributed by atoms with Gasteiger partial charge in [0.05, 0.1) is 15.7 Å².